The van der Waals surface area contributed by atoms with Crippen molar-refractivity contribution in [3.05, 3.63) is 0 Å². The molecule has 0 N–H and O–H groups in total. The largest absolute Gasteiger partial charge is 0.550 e. The Morgan fingerprint density at radius 1 is 0.846 bits per heavy atom. The van der Waals surface area contributed by atoms with Gasteiger partial charge >= 0.3 is 0 Å². The summed E-state index contributed by atoms with van der Waals surface area (Å²) in [6.45, 7) is 3.93. The molecule has 2 bridgehead atoms. The highest BCUT2D eigenvalue weighted by molar-refractivity contribution is 5.81. The van der Waals surface area contributed by atoms with Crippen LogP contribution < -0.4 is 10.2 Å². The fourth-order valence-corrected chi connectivity index (χ4v) is 5.10. The molecule has 2 unspecified atom stereocenters. The average Bonchev–Trinajstić information content (AvgIpc) is 3.05. The molecule has 4 atom stereocenters. The van der Waals surface area contributed by atoms with Gasteiger partial charge in [-0.15, -0.1) is 0 Å². The number of hydrogen-bond acceptors (Lipinski definition) is 5. The van der Waals surface area contributed by atoms with Crippen molar-refractivity contribution in [2.45, 2.75) is 109 Å². The normalized spacial score (nSPS) is 32.8. The molecule has 0 spiro atoms. The van der Waals surface area contributed by atoms with Crippen LogP contribution in [0.15, 0.2) is 0 Å². The van der Waals surface area contributed by atoms with E-state index in [9.17, 15) is 19.8 Å². The smallest absolute Gasteiger partial charge is 0.0778 e. The van der Waals surface area contributed by atoms with E-state index >= 15 is 0 Å². The van der Waals surface area contributed by atoms with E-state index in [1.807, 2.05) is 0 Å². The number of carboxylic acids is 2. The van der Waals surface area contributed by atoms with Crippen molar-refractivity contribution < 1.29 is 24.5 Å². The first-order valence-electron chi connectivity index (χ1n) is 10.5. The van der Waals surface area contributed by atoms with Crippen molar-refractivity contribution in [2.24, 2.45) is 11.8 Å². The molecule has 0 radical (unpaired) electrons. The number of ether oxygens (including phenoxy) is 1. The zero-order valence-corrected chi connectivity index (χ0v) is 16.4. The quantitative estimate of drug-likeness (QED) is 0.467. The Morgan fingerprint density at radius 2 is 1.35 bits per heavy atom. The van der Waals surface area contributed by atoms with Crippen molar-refractivity contribution >= 4 is 11.9 Å². The van der Waals surface area contributed by atoms with Crippen LogP contribution in [-0.4, -0.2) is 23.1 Å². The molecule has 5 nitrogen and oxygen atoms in total. The fourth-order valence-electron chi connectivity index (χ4n) is 5.10. The third-order valence-corrected chi connectivity index (χ3v) is 6.50. The summed E-state index contributed by atoms with van der Waals surface area (Å²) in [6.07, 6.45) is 13.8. The van der Waals surface area contributed by atoms with Gasteiger partial charge in [0.25, 0.3) is 0 Å². The third-order valence-electron chi connectivity index (χ3n) is 6.50. The number of carbonyl (C=O) groups excluding carboxylic acids is 2. The van der Waals surface area contributed by atoms with Gasteiger partial charge in [0, 0.05) is 23.8 Å². The third kappa shape index (κ3) is 4.59. The second kappa shape index (κ2) is 9.20. The van der Waals surface area contributed by atoms with Gasteiger partial charge in [0.2, 0.25) is 0 Å². The first-order chi connectivity index (χ1) is 12.4. The summed E-state index contributed by atoms with van der Waals surface area (Å²) in [7, 11) is 0. The molecule has 0 saturated carbocycles. The molecule has 0 aliphatic carbocycles. The number of hydrogen-bond donors (Lipinski definition) is 0. The lowest BCUT2D eigenvalue weighted by Crippen LogP contribution is -2.55. The number of fused-ring (bicyclic) bond motifs is 2. The molecule has 0 aromatic carbocycles. The van der Waals surface area contributed by atoms with Crippen molar-refractivity contribution in [3.8, 4) is 0 Å². The Morgan fingerprint density at radius 3 is 1.85 bits per heavy atom. The second-order valence-electron chi connectivity index (χ2n) is 8.50. The molecule has 2 aliphatic heterocycles. The van der Waals surface area contributed by atoms with Crippen LogP contribution in [0.1, 0.15) is 97.3 Å². The number of aliphatic carboxylic acids is 2. The zero-order chi connectivity index (χ0) is 19.2. The molecule has 2 rings (SSSR count). The van der Waals surface area contributed by atoms with E-state index < -0.39 is 35.0 Å². The van der Waals surface area contributed by atoms with Gasteiger partial charge in [0.05, 0.1) is 11.2 Å². The van der Waals surface area contributed by atoms with Crippen LogP contribution in [0.4, 0.5) is 0 Å². The van der Waals surface area contributed by atoms with E-state index in [0.29, 0.717) is 19.3 Å². The number of carbonyl (C=O) groups is 2. The van der Waals surface area contributed by atoms with Gasteiger partial charge in [-0.05, 0) is 26.2 Å². The lowest BCUT2D eigenvalue weighted by Gasteiger charge is -2.39. The minimum Gasteiger partial charge on any atom is -0.550 e. The molecule has 150 valence electrons. The second-order valence-corrected chi connectivity index (χ2v) is 8.50. The van der Waals surface area contributed by atoms with Crippen LogP contribution in [0.5, 0.6) is 0 Å². The standard InChI is InChI=1S/C21H36O5/c1-3-4-5-6-7-8-9-10-11-12-13-21-15-14-20(2,26-21)16(18(22)23)17(21)19(24)25/h16-17H,3-15H2,1-2H3,(H,22,23)(H,24,25)/p-2/t16?,17?,20-,21+/m1/s1. The van der Waals surface area contributed by atoms with Gasteiger partial charge in [-0.2, -0.15) is 0 Å². The Bertz CT molecular complexity index is 491. The fraction of sp³-hybridized carbons (Fsp3) is 0.905. The molecule has 2 aliphatic rings. The van der Waals surface area contributed by atoms with Crippen molar-refractivity contribution in [3.63, 3.8) is 0 Å². The molecule has 0 aromatic rings. The minimum absolute atomic E-state index is 0.577. The van der Waals surface area contributed by atoms with Crippen LogP contribution in [0.25, 0.3) is 0 Å². The van der Waals surface area contributed by atoms with Crippen molar-refractivity contribution in [2.75, 3.05) is 0 Å². The maximum atomic E-state index is 11.7. The first kappa shape index (κ1) is 21.2. The van der Waals surface area contributed by atoms with Crippen LogP contribution in [-0.2, 0) is 14.3 Å². The number of carboxylic acid groups (broad SMARTS) is 2. The highest BCUT2D eigenvalue weighted by Crippen LogP contribution is 2.59. The highest BCUT2D eigenvalue weighted by atomic mass is 16.5. The molecular weight excluding hydrogens is 332 g/mol. The summed E-state index contributed by atoms with van der Waals surface area (Å²) in [4.78, 5) is 23.2. The van der Waals surface area contributed by atoms with Gasteiger partial charge < -0.3 is 24.5 Å². The molecule has 2 heterocycles. The summed E-state index contributed by atoms with van der Waals surface area (Å²) in [6, 6.07) is 0. The summed E-state index contributed by atoms with van der Waals surface area (Å²) in [5.74, 6) is -4.84. The van der Waals surface area contributed by atoms with E-state index in [1.54, 1.807) is 6.92 Å². The van der Waals surface area contributed by atoms with Crippen LogP contribution in [0.3, 0.4) is 0 Å². The van der Waals surface area contributed by atoms with Crippen LogP contribution in [0.2, 0.25) is 0 Å². The summed E-state index contributed by atoms with van der Waals surface area (Å²) < 4.78 is 6.04. The lowest BCUT2D eigenvalue weighted by atomic mass is 9.65. The van der Waals surface area contributed by atoms with E-state index in [4.69, 9.17) is 4.74 Å². The Kier molecular flexibility index (Phi) is 7.51. The van der Waals surface area contributed by atoms with Gasteiger partial charge in [0.15, 0.2) is 0 Å². The average molecular weight is 366 g/mol. The topological polar surface area (TPSA) is 89.5 Å². The maximum absolute atomic E-state index is 11.7. The Hall–Kier alpha value is -1.10. The maximum Gasteiger partial charge on any atom is 0.0778 e. The predicted octanol–water partition coefficient (Wildman–Crippen LogP) is 2.35. The minimum atomic E-state index is -1.33. The number of rotatable bonds is 13. The number of unbranched alkanes of at least 4 members (excludes halogenated alkanes) is 9. The monoisotopic (exact) mass is 366 g/mol. The van der Waals surface area contributed by atoms with Gasteiger partial charge in [-0.1, -0.05) is 71.1 Å². The van der Waals surface area contributed by atoms with E-state index in [-0.39, 0.29) is 0 Å². The molecular formula is C21H34O5-2. The van der Waals surface area contributed by atoms with Crippen LogP contribution in [0, 0.1) is 11.8 Å². The lowest BCUT2D eigenvalue weighted by molar-refractivity contribution is -0.329. The van der Waals surface area contributed by atoms with Gasteiger partial charge in [0.1, 0.15) is 0 Å². The molecule has 0 amide bonds. The van der Waals surface area contributed by atoms with Gasteiger partial charge in [-0.25, -0.2) is 0 Å². The van der Waals surface area contributed by atoms with E-state index in [0.717, 1.165) is 19.3 Å². The Balaban J connectivity index is 1.74. The van der Waals surface area contributed by atoms with E-state index in [2.05, 4.69) is 6.92 Å². The van der Waals surface area contributed by atoms with Crippen LogP contribution >= 0.6 is 0 Å². The Labute approximate surface area is 157 Å². The molecule has 2 saturated heterocycles. The SMILES string of the molecule is CCCCCCCCCCCC[C@@]12CC[C@@](C)(O1)C(C(=O)[O-])C2C(=O)[O-]. The summed E-state index contributed by atoms with van der Waals surface area (Å²) >= 11 is 0. The van der Waals surface area contributed by atoms with E-state index in [1.165, 1.54) is 44.9 Å². The summed E-state index contributed by atoms with van der Waals surface area (Å²) in [5, 5.41) is 23.2. The van der Waals surface area contributed by atoms with Crippen molar-refractivity contribution in [1.29, 1.82) is 0 Å². The van der Waals surface area contributed by atoms with Gasteiger partial charge in [-0.3, -0.25) is 0 Å². The predicted molar refractivity (Wildman–Crippen MR) is 94.9 cm³/mol. The molecule has 5 heteroatoms. The summed E-state index contributed by atoms with van der Waals surface area (Å²) in [5.41, 5.74) is -1.81. The van der Waals surface area contributed by atoms with Crippen molar-refractivity contribution in [1.82, 2.24) is 0 Å². The highest BCUT2D eigenvalue weighted by Gasteiger charge is 2.65. The first-order valence-corrected chi connectivity index (χ1v) is 10.5. The molecule has 0 aromatic heterocycles. The molecule has 2 fully saturated rings. The molecule has 26 heavy (non-hydrogen) atoms. The zero-order valence-electron chi connectivity index (χ0n) is 16.4.